The molecule has 2 atom stereocenters. The van der Waals surface area contributed by atoms with Crippen LogP contribution in [0.3, 0.4) is 0 Å². The van der Waals surface area contributed by atoms with Crippen molar-refractivity contribution in [3.8, 4) is 0 Å². The van der Waals surface area contributed by atoms with Crippen LogP contribution in [0.5, 0.6) is 0 Å². The molecule has 2 aliphatic rings. The van der Waals surface area contributed by atoms with Crippen LogP contribution in [0.2, 0.25) is 0 Å². The SMILES string of the molecule is c1ccc(CN2C[C@H]3Cc4ccccc4N[C@H]3c3c(Sc4ccccc4)ncnc32)cc1. The number of aromatic nitrogens is 2. The molecule has 5 heteroatoms. The Morgan fingerprint density at radius 1 is 0.875 bits per heavy atom. The minimum absolute atomic E-state index is 0.208. The Morgan fingerprint density at radius 2 is 1.62 bits per heavy atom. The summed E-state index contributed by atoms with van der Waals surface area (Å²) < 4.78 is 0. The predicted octanol–water partition coefficient (Wildman–Crippen LogP) is 5.97. The van der Waals surface area contributed by atoms with Crippen LogP contribution in [0, 0.1) is 5.92 Å². The van der Waals surface area contributed by atoms with Crippen molar-refractivity contribution in [2.45, 2.75) is 28.9 Å². The lowest BCUT2D eigenvalue weighted by Crippen LogP contribution is -2.43. The van der Waals surface area contributed by atoms with E-state index in [9.17, 15) is 0 Å². The van der Waals surface area contributed by atoms with E-state index < -0.39 is 0 Å². The average Bonchev–Trinajstić information content (AvgIpc) is 2.84. The number of hydrogen-bond donors (Lipinski definition) is 1. The maximum absolute atomic E-state index is 4.81. The van der Waals surface area contributed by atoms with E-state index in [0.29, 0.717) is 5.92 Å². The van der Waals surface area contributed by atoms with E-state index in [1.165, 1.54) is 27.3 Å². The molecule has 0 fully saturated rings. The molecular weight excluding hydrogens is 412 g/mol. The molecule has 158 valence electrons. The van der Waals surface area contributed by atoms with Crippen molar-refractivity contribution >= 4 is 23.3 Å². The molecule has 6 rings (SSSR count). The van der Waals surface area contributed by atoms with Gasteiger partial charge in [0.05, 0.1) is 6.04 Å². The zero-order valence-electron chi connectivity index (χ0n) is 17.7. The number of nitrogens with zero attached hydrogens (tertiary/aromatic N) is 3. The third-order valence-electron chi connectivity index (χ3n) is 6.35. The quantitative estimate of drug-likeness (QED) is 0.399. The summed E-state index contributed by atoms with van der Waals surface area (Å²) in [7, 11) is 0. The van der Waals surface area contributed by atoms with Gasteiger partial charge in [-0.2, -0.15) is 0 Å². The molecular formula is C27H24N4S. The van der Waals surface area contributed by atoms with Gasteiger partial charge >= 0.3 is 0 Å². The van der Waals surface area contributed by atoms with Crippen molar-refractivity contribution in [2.24, 2.45) is 5.92 Å². The summed E-state index contributed by atoms with van der Waals surface area (Å²) in [6.07, 6.45) is 2.78. The van der Waals surface area contributed by atoms with E-state index in [1.807, 2.05) is 0 Å². The number of nitrogens with one attached hydrogen (secondary N) is 1. The van der Waals surface area contributed by atoms with Crippen LogP contribution >= 0.6 is 11.8 Å². The first-order valence-corrected chi connectivity index (χ1v) is 11.9. The Kier molecular flexibility index (Phi) is 5.04. The number of benzene rings is 3. The number of hydrogen-bond acceptors (Lipinski definition) is 5. The fraction of sp³-hybridized carbons (Fsp3) is 0.185. The summed E-state index contributed by atoms with van der Waals surface area (Å²) in [5.41, 5.74) is 5.15. The summed E-state index contributed by atoms with van der Waals surface area (Å²) in [5, 5.41) is 4.89. The molecule has 0 aliphatic carbocycles. The first-order chi connectivity index (χ1) is 15.8. The molecule has 2 aliphatic heterocycles. The van der Waals surface area contributed by atoms with Crippen LogP contribution in [0.1, 0.15) is 22.7 Å². The first kappa shape index (κ1) is 19.4. The number of rotatable bonds is 4. The van der Waals surface area contributed by atoms with Crippen molar-refractivity contribution < 1.29 is 0 Å². The summed E-state index contributed by atoms with van der Waals surface area (Å²) in [4.78, 5) is 13.2. The summed E-state index contributed by atoms with van der Waals surface area (Å²) in [6.45, 7) is 1.82. The molecule has 0 amide bonds. The largest absolute Gasteiger partial charge is 0.377 e. The van der Waals surface area contributed by atoms with Gasteiger partial charge in [0.15, 0.2) is 0 Å². The van der Waals surface area contributed by atoms with Gasteiger partial charge in [0.25, 0.3) is 0 Å². The fourth-order valence-corrected chi connectivity index (χ4v) is 5.84. The fourth-order valence-electron chi connectivity index (χ4n) is 4.89. The Morgan fingerprint density at radius 3 is 2.47 bits per heavy atom. The normalized spacial score (nSPS) is 18.8. The second kappa shape index (κ2) is 8.32. The standard InChI is InChI=1S/C27H24N4S/c1-3-9-19(10-4-1)16-31-17-21-15-20-11-7-8-14-23(20)30-25(21)24-26(31)28-18-29-27(24)32-22-12-5-2-6-13-22/h1-14,18,21,25,30H,15-17H2/t21-,25-/m1/s1. The van der Waals surface area contributed by atoms with Crippen LogP contribution in [-0.4, -0.2) is 16.5 Å². The third kappa shape index (κ3) is 3.63. The third-order valence-corrected chi connectivity index (χ3v) is 7.37. The molecule has 0 unspecified atom stereocenters. The molecule has 32 heavy (non-hydrogen) atoms. The Bertz CT molecular complexity index is 1230. The van der Waals surface area contributed by atoms with E-state index in [-0.39, 0.29) is 6.04 Å². The van der Waals surface area contributed by atoms with Crippen molar-refractivity contribution in [1.82, 2.24) is 9.97 Å². The number of fused-ring (bicyclic) bond motifs is 4. The van der Waals surface area contributed by atoms with Gasteiger partial charge in [-0.05, 0) is 35.7 Å². The van der Waals surface area contributed by atoms with Gasteiger partial charge in [0.1, 0.15) is 17.2 Å². The summed E-state index contributed by atoms with van der Waals surface area (Å²) in [5.74, 6) is 1.51. The van der Waals surface area contributed by atoms with E-state index in [1.54, 1.807) is 18.1 Å². The van der Waals surface area contributed by atoms with Gasteiger partial charge in [0.2, 0.25) is 0 Å². The molecule has 4 aromatic rings. The lowest BCUT2D eigenvalue weighted by atomic mass is 9.81. The lowest BCUT2D eigenvalue weighted by molar-refractivity contribution is 0.402. The number of anilines is 2. The minimum atomic E-state index is 0.208. The van der Waals surface area contributed by atoms with Gasteiger partial charge in [-0.1, -0.05) is 78.5 Å². The van der Waals surface area contributed by atoms with Crippen LogP contribution in [0.4, 0.5) is 11.5 Å². The second-order valence-electron chi connectivity index (χ2n) is 8.44. The smallest absolute Gasteiger partial charge is 0.138 e. The van der Waals surface area contributed by atoms with Crippen molar-refractivity contribution in [2.75, 3.05) is 16.8 Å². The predicted molar refractivity (Wildman–Crippen MR) is 130 cm³/mol. The van der Waals surface area contributed by atoms with Crippen LogP contribution in [0.15, 0.2) is 101 Å². The van der Waals surface area contributed by atoms with Crippen molar-refractivity contribution in [3.05, 3.63) is 108 Å². The Labute approximate surface area is 192 Å². The zero-order chi connectivity index (χ0) is 21.3. The first-order valence-electron chi connectivity index (χ1n) is 11.1. The van der Waals surface area contributed by atoms with Gasteiger partial charge in [-0.25, -0.2) is 9.97 Å². The topological polar surface area (TPSA) is 41.0 Å². The van der Waals surface area contributed by atoms with E-state index >= 15 is 0 Å². The van der Waals surface area contributed by atoms with E-state index in [0.717, 1.165) is 30.4 Å². The maximum Gasteiger partial charge on any atom is 0.138 e. The zero-order valence-corrected chi connectivity index (χ0v) is 18.5. The second-order valence-corrected chi connectivity index (χ2v) is 9.50. The molecule has 3 aromatic carbocycles. The Hall–Kier alpha value is -3.31. The monoisotopic (exact) mass is 436 g/mol. The summed E-state index contributed by atoms with van der Waals surface area (Å²) in [6, 6.07) is 30.1. The molecule has 1 aromatic heterocycles. The molecule has 0 saturated heterocycles. The van der Waals surface area contributed by atoms with Gasteiger partial charge in [0, 0.05) is 35.2 Å². The Balaban J connectivity index is 1.44. The minimum Gasteiger partial charge on any atom is -0.377 e. The van der Waals surface area contributed by atoms with Gasteiger partial charge < -0.3 is 10.2 Å². The molecule has 3 heterocycles. The number of para-hydroxylation sites is 1. The molecule has 0 bridgehead atoms. The van der Waals surface area contributed by atoms with Gasteiger partial charge in [-0.3, -0.25) is 0 Å². The average molecular weight is 437 g/mol. The highest BCUT2D eigenvalue weighted by atomic mass is 32.2. The van der Waals surface area contributed by atoms with Gasteiger partial charge in [-0.15, -0.1) is 0 Å². The van der Waals surface area contributed by atoms with E-state index in [4.69, 9.17) is 9.97 Å². The van der Waals surface area contributed by atoms with Crippen LogP contribution in [-0.2, 0) is 13.0 Å². The highest BCUT2D eigenvalue weighted by molar-refractivity contribution is 7.99. The lowest BCUT2D eigenvalue weighted by Gasteiger charge is -2.44. The molecule has 4 nitrogen and oxygen atoms in total. The summed E-state index contributed by atoms with van der Waals surface area (Å²) >= 11 is 1.73. The molecule has 0 saturated carbocycles. The van der Waals surface area contributed by atoms with Crippen molar-refractivity contribution in [3.63, 3.8) is 0 Å². The molecule has 0 spiro atoms. The van der Waals surface area contributed by atoms with E-state index in [2.05, 4.69) is 95.1 Å². The highest BCUT2D eigenvalue weighted by Crippen LogP contribution is 2.47. The highest BCUT2D eigenvalue weighted by Gasteiger charge is 2.39. The maximum atomic E-state index is 4.81. The van der Waals surface area contributed by atoms with Crippen LogP contribution < -0.4 is 10.2 Å². The molecule has 1 N–H and O–H groups in total. The van der Waals surface area contributed by atoms with Crippen LogP contribution in [0.25, 0.3) is 0 Å². The van der Waals surface area contributed by atoms with Crippen molar-refractivity contribution in [1.29, 1.82) is 0 Å². The molecule has 0 radical (unpaired) electrons.